The van der Waals surface area contributed by atoms with Crippen LogP contribution in [0.25, 0.3) is 0 Å². The fourth-order valence-electron chi connectivity index (χ4n) is 3.18. The van der Waals surface area contributed by atoms with Crippen molar-refractivity contribution < 1.29 is 9.53 Å². The molecule has 2 fully saturated rings. The van der Waals surface area contributed by atoms with Gasteiger partial charge in [-0.2, -0.15) is 5.10 Å². The van der Waals surface area contributed by atoms with Gasteiger partial charge in [0.05, 0.1) is 12.2 Å². The van der Waals surface area contributed by atoms with Crippen molar-refractivity contribution >= 4 is 5.97 Å². The molecule has 1 N–H and O–H groups in total. The minimum absolute atomic E-state index is 0.247. The van der Waals surface area contributed by atoms with Gasteiger partial charge in [0.2, 0.25) is 0 Å². The molecular formula is C16H23N3O2. The molecule has 0 saturated carbocycles. The highest BCUT2D eigenvalue weighted by Gasteiger charge is 2.38. The third-order valence-corrected chi connectivity index (χ3v) is 4.50. The normalized spacial score (nSPS) is 27.1. The number of hydrogen-bond donors (Lipinski definition) is 1. The quantitative estimate of drug-likeness (QED) is 0.680. The minimum atomic E-state index is -0.398. The van der Waals surface area contributed by atoms with E-state index >= 15 is 0 Å². The van der Waals surface area contributed by atoms with Crippen molar-refractivity contribution in [3.05, 3.63) is 30.1 Å². The predicted octanol–water partition coefficient (Wildman–Crippen LogP) is 2.00. The van der Waals surface area contributed by atoms with E-state index in [1.807, 2.05) is 13.1 Å². The van der Waals surface area contributed by atoms with Gasteiger partial charge in [-0.05, 0) is 51.3 Å². The van der Waals surface area contributed by atoms with Crippen LogP contribution >= 0.6 is 0 Å². The van der Waals surface area contributed by atoms with Crippen LogP contribution in [-0.2, 0) is 16.0 Å². The van der Waals surface area contributed by atoms with E-state index in [0.717, 1.165) is 38.8 Å². The lowest BCUT2D eigenvalue weighted by atomic mass is 9.93. The van der Waals surface area contributed by atoms with E-state index in [-0.39, 0.29) is 5.97 Å². The molecule has 114 valence electrons. The maximum absolute atomic E-state index is 11.5. The number of cyclic esters (lactones) is 1. The van der Waals surface area contributed by atoms with Crippen LogP contribution in [0, 0.1) is 0 Å². The lowest BCUT2D eigenvalue weighted by Crippen LogP contribution is -2.29. The maximum atomic E-state index is 11.5. The lowest BCUT2D eigenvalue weighted by Gasteiger charge is -2.23. The molecule has 0 amide bonds. The Kier molecular flexibility index (Phi) is 3.85. The number of nitrogens with zero attached hydrogens (tertiary/aromatic N) is 2. The van der Waals surface area contributed by atoms with Crippen molar-refractivity contribution in [1.29, 1.82) is 0 Å². The highest BCUT2D eigenvalue weighted by atomic mass is 16.6. The van der Waals surface area contributed by atoms with Crippen molar-refractivity contribution in [1.82, 2.24) is 15.1 Å². The topological polar surface area (TPSA) is 56.1 Å². The van der Waals surface area contributed by atoms with Gasteiger partial charge < -0.3 is 10.1 Å². The summed E-state index contributed by atoms with van der Waals surface area (Å²) in [6, 6.07) is 0.514. The summed E-state index contributed by atoms with van der Waals surface area (Å²) in [7, 11) is 0. The van der Waals surface area contributed by atoms with E-state index in [9.17, 15) is 4.79 Å². The average molecular weight is 289 g/mol. The Hall–Kier alpha value is -1.62. The summed E-state index contributed by atoms with van der Waals surface area (Å²) in [5.74, 6) is -0.247. The molecule has 0 bridgehead atoms. The molecule has 21 heavy (non-hydrogen) atoms. The second kappa shape index (κ2) is 5.64. The van der Waals surface area contributed by atoms with Gasteiger partial charge in [0, 0.05) is 18.2 Å². The van der Waals surface area contributed by atoms with Crippen LogP contribution in [0.2, 0.25) is 0 Å². The summed E-state index contributed by atoms with van der Waals surface area (Å²) in [6.07, 6.45) is 8.68. The van der Waals surface area contributed by atoms with Crippen molar-refractivity contribution in [2.45, 2.75) is 50.7 Å². The number of piperidine rings is 1. The number of nitrogens with one attached hydrogen (secondary N) is 1. The van der Waals surface area contributed by atoms with Crippen molar-refractivity contribution in [2.75, 3.05) is 13.1 Å². The molecule has 1 atom stereocenters. The third kappa shape index (κ3) is 3.18. The first kappa shape index (κ1) is 14.3. The summed E-state index contributed by atoms with van der Waals surface area (Å²) >= 11 is 0. The average Bonchev–Trinajstić information content (AvgIpc) is 3.04. The van der Waals surface area contributed by atoms with E-state index in [1.54, 1.807) is 0 Å². The van der Waals surface area contributed by atoms with Crippen molar-refractivity contribution in [3.63, 3.8) is 0 Å². The summed E-state index contributed by atoms with van der Waals surface area (Å²) < 4.78 is 7.53. The van der Waals surface area contributed by atoms with Gasteiger partial charge in [0.1, 0.15) is 5.60 Å². The van der Waals surface area contributed by atoms with Gasteiger partial charge in [-0.15, -0.1) is 0 Å². The van der Waals surface area contributed by atoms with E-state index in [0.29, 0.717) is 18.0 Å². The molecule has 5 heteroatoms. The van der Waals surface area contributed by atoms with Crippen LogP contribution in [0.5, 0.6) is 0 Å². The first-order valence-corrected chi connectivity index (χ1v) is 7.71. The van der Waals surface area contributed by atoms with Gasteiger partial charge >= 0.3 is 5.97 Å². The van der Waals surface area contributed by atoms with E-state index < -0.39 is 5.60 Å². The molecule has 1 aromatic rings. The number of rotatable bonds is 4. The zero-order chi connectivity index (χ0) is 14.9. The lowest BCUT2D eigenvalue weighted by molar-refractivity contribution is -0.145. The summed E-state index contributed by atoms with van der Waals surface area (Å²) in [6.45, 7) is 7.87. The molecule has 0 radical (unpaired) electrons. The minimum Gasteiger partial charge on any atom is -0.456 e. The van der Waals surface area contributed by atoms with Crippen LogP contribution < -0.4 is 5.32 Å². The van der Waals surface area contributed by atoms with E-state index in [2.05, 4.69) is 27.9 Å². The number of carbonyl (C=O) groups is 1. The molecule has 1 aromatic heterocycles. The van der Waals surface area contributed by atoms with Gasteiger partial charge in [0.15, 0.2) is 0 Å². The van der Waals surface area contributed by atoms with Crippen LogP contribution in [0.3, 0.4) is 0 Å². The number of carbonyl (C=O) groups excluding carboxylic acids is 1. The highest BCUT2D eigenvalue weighted by molar-refractivity contribution is 5.90. The fourth-order valence-corrected chi connectivity index (χ4v) is 3.18. The van der Waals surface area contributed by atoms with Gasteiger partial charge in [-0.3, -0.25) is 4.68 Å². The molecule has 2 aliphatic rings. The first-order valence-electron chi connectivity index (χ1n) is 7.71. The Morgan fingerprint density at radius 2 is 2.29 bits per heavy atom. The molecule has 3 heterocycles. The van der Waals surface area contributed by atoms with E-state index in [1.165, 1.54) is 5.56 Å². The molecule has 5 nitrogen and oxygen atoms in total. The Morgan fingerprint density at radius 1 is 1.52 bits per heavy atom. The summed E-state index contributed by atoms with van der Waals surface area (Å²) in [5.41, 5.74) is 1.40. The number of hydrogen-bond acceptors (Lipinski definition) is 4. The van der Waals surface area contributed by atoms with Crippen molar-refractivity contribution in [3.8, 4) is 0 Å². The maximum Gasteiger partial charge on any atom is 0.334 e. The van der Waals surface area contributed by atoms with Crippen LogP contribution in [-0.4, -0.2) is 34.4 Å². The fraction of sp³-hybridized carbons (Fsp3) is 0.625. The monoisotopic (exact) mass is 289 g/mol. The Bertz CT molecular complexity index is 527. The SMILES string of the molecule is C=C1CC(C)(CCc2cnn(C3CCNCC3)c2)OC1=O. The Labute approximate surface area is 125 Å². The second-order valence-corrected chi connectivity index (χ2v) is 6.43. The standard InChI is InChI=1S/C16H23N3O2/c1-12-9-16(2,21-15(12)20)6-3-13-10-18-19(11-13)14-4-7-17-8-5-14/h10-11,14,17H,1,3-9H2,2H3. The van der Waals surface area contributed by atoms with Gasteiger partial charge in [-0.25, -0.2) is 4.79 Å². The summed E-state index contributed by atoms with van der Waals surface area (Å²) in [4.78, 5) is 11.5. The molecule has 3 rings (SSSR count). The molecule has 1 unspecified atom stereocenters. The molecule has 0 aliphatic carbocycles. The number of ether oxygens (including phenoxy) is 1. The smallest absolute Gasteiger partial charge is 0.334 e. The summed E-state index contributed by atoms with van der Waals surface area (Å²) in [5, 5.41) is 7.87. The van der Waals surface area contributed by atoms with Crippen LogP contribution in [0.4, 0.5) is 0 Å². The van der Waals surface area contributed by atoms with E-state index in [4.69, 9.17) is 4.74 Å². The zero-order valence-corrected chi connectivity index (χ0v) is 12.6. The zero-order valence-electron chi connectivity index (χ0n) is 12.6. The molecule has 0 aromatic carbocycles. The van der Waals surface area contributed by atoms with Gasteiger partial charge in [-0.1, -0.05) is 6.58 Å². The highest BCUT2D eigenvalue weighted by Crippen LogP contribution is 2.33. The number of aryl methyl sites for hydroxylation is 1. The third-order valence-electron chi connectivity index (χ3n) is 4.50. The molecule has 0 spiro atoms. The largest absolute Gasteiger partial charge is 0.456 e. The molecular weight excluding hydrogens is 266 g/mol. The Morgan fingerprint density at radius 3 is 2.95 bits per heavy atom. The first-order chi connectivity index (χ1) is 10.1. The number of esters is 1. The van der Waals surface area contributed by atoms with Crippen LogP contribution in [0.15, 0.2) is 24.5 Å². The van der Waals surface area contributed by atoms with Gasteiger partial charge in [0.25, 0.3) is 0 Å². The number of aromatic nitrogens is 2. The Balaban J connectivity index is 1.57. The second-order valence-electron chi connectivity index (χ2n) is 6.43. The molecule has 2 aliphatic heterocycles. The predicted molar refractivity (Wildman–Crippen MR) is 79.9 cm³/mol. The molecule has 2 saturated heterocycles. The van der Waals surface area contributed by atoms with Crippen LogP contribution in [0.1, 0.15) is 44.2 Å². The van der Waals surface area contributed by atoms with Crippen molar-refractivity contribution in [2.24, 2.45) is 0 Å².